The molecule has 1 nitrogen and oxygen atoms in total. The van der Waals surface area contributed by atoms with Gasteiger partial charge in [-0.25, -0.2) is 0 Å². The van der Waals surface area contributed by atoms with Crippen molar-refractivity contribution < 1.29 is 4.74 Å². The van der Waals surface area contributed by atoms with E-state index in [9.17, 15) is 0 Å². The zero-order chi connectivity index (χ0) is 9.86. The molecule has 1 fully saturated rings. The third kappa shape index (κ3) is 2.25. The number of ether oxygens (including phenoxy) is 1. The summed E-state index contributed by atoms with van der Waals surface area (Å²) in [6.07, 6.45) is 0. The van der Waals surface area contributed by atoms with Crippen molar-refractivity contribution in [1.82, 2.24) is 0 Å². The normalized spacial score (nSPS) is 18.9. The highest BCUT2D eigenvalue weighted by atomic mass is 35.5. The molecule has 0 aliphatic carbocycles. The lowest BCUT2D eigenvalue weighted by atomic mass is 9.91. The third-order valence-corrected chi connectivity index (χ3v) is 4.32. The van der Waals surface area contributed by atoms with Crippen LogP contribution in [0.3, 0.4) is 0 Å². The fourth-order valence-electron chi connectivity index (χ4n) is 1.34. The van der Waals surface area contributed by atoms with E-state index in [0.717, 1.165) is 19.0 Å². The summed E-state index contributed by atoms with van der Waals surface area (Å²) in [4.78, 5) is 1.31. The van der Waals surface area contributed by atoms with Gasteiger partial charge in [0, 0.05) is 21.9 Å². The first-order valence-corrected chi connectivity index (χ1v) is 6.18. The van der Waals surface area contributed by atoms with E-state index in [1.165, 1.54) is 4.90 Å². The Morgan fingerprint density at radius 2 is 2.00 bits per heavy atom. The molecule has 0 bridgehead atoms. The van der Waals surface area contributed by atoms with E-state index in [4.69, 9.17) is 16.3 Å². The molecule has 0 aromatic heterocycles. The number of hydrogen-bond acceptors (Lipinski definition) is 2. The van der Waals surface area contributed by atoms with Crippen molar-refractivity contribution in [3.05, 3.63) is 30.3 Å². The Morgan fingerprint density at radius 1 is 1.29 bits per heavy atom. The fraction of sp³-hybridized carbons (Fsp3) is 0.455. The van der Waals surface area contributed by atoms with Crippen molar-refractivity contribution in [1.29, 1.82) is 0 Å². The van der Waals surface area contributed by atoms with Crippen LogP contribution in [0.15, 0.2) is 35.2 Å². The molecule has 1 aromatic carbocycles. The first-order valence-electron chi connectivity index (χ1n) is 4.66. The molecule has 1 heterocycles. The molecular weight excluding hydrogens is 216 g/mol. The van der Waals surface area contributed by atoms with Gasteiger partial charge in [0.15, 0.2) is 0 Å². The summed E-state index contributed by atoms with van der Waals surface area (Å²) >= 11 is 7.80. The minimum Gasteiger partial charge on any atom is -0.380 e. The van der Waals surface area contributed by atoms with Gasteiger partial charge >= 0.3 is 0 Å². The van der Waals surface area contributed by atoms with Crippen LogP contribution < -0.4 is 0 Å². The van der Waals surface area contributed by atoms with Crippen LogP contribution in [-0.2, 0) is 4.74 Å². The van der Waals surface area contributed by atoms with Crippen molar-refractivity contribution in [2.75, 3.05) is 24.8 Å². The van der Waals surface area contributed by atoms with E-state index < -0.39 is 0 Å². The maximum atomic E-state index is 5.93. The average Bonchev–Trinajstić information content (AvgIpc) is 2.19. The topological polar surface area (TPSA) is 9.23 Å². The molecule has 0 atom stereocenters. The number of benzene rings is 1. The molecule has 0 N–H and O–H groups in total. The summed E-state index contributed by atoms with van der Waals surface area (Å²) in [6, 6.07) is 10.4. The molecule has 0 amide bonds. The molecule has 1 aromatic rings. The van der Waals surface area contributed by atoms with Crippen LogP contribution in [0.2, 0.25) is 0 Å². The van der Waals surface area contributed by atoms with E-state index in [-0.39, 0.29) is 5.41 Å². The van der Waals surface area contributed by atoms with Crippen LogP contribution in [0.25, 0.3) is 0 Å². The lowest BCUT2D eigenvalue weighted by Gasteiger charge is -2.39. The highest BCUT2D eigenvalue weighted by Gasteiger charge is 2.37. The molecule has 0 radical (unpaired) electrons. The minimum atomic E-state index is 0.224. The molecule has 0 spiro atoms. The van der Waals surface area contributed by atoms with Gasteiger partial charge in [-0.05, 0) is 12.1 Å². The summed E-state index contributed by atoms with van der Waals surface area (Å²) < 4.78 is 5.22. The molecule has 1 aliphatic rings. The number of rotatable bonds is 4. The maximum Gasteiger partial charge on any atom is 0.0564 e. The monoisotopic (exact) mass is 228 g/mol. The van der Waals surface area contributed by atoms with E-state index in [0.29, 0.717) is 5.88 Å². The van der Waals surface area contributed by atoms with Gasteiger partial charge < -0.3 is 4.74 Å². The van der Waals surface area contributed by atoms with E-state index in [2.05, 4.69) is 24.3 Å². The summed E-state index contributed by atoms with van der Waals surface area (Å²) in [5, 5.41) is 0. The summed E-state index contributed by atoms with van der Waals surface area (Å²) in [5.41, 5.74) is 0.224. The lowest BCUT2D eigenvalue weighted by Crippen LogP contribution is -2.46. The van der Waals surface area contributed by atoms with Gasteiger partial charge in [-0.1, -0.05) is 18.2 Å². The maximum absolute atomic E-state index is 5.93. The lowest BCUT2D eigenvalue weighted by molar-refractivity contribution is -0.0838. The predicted octanol–water partition coefficient (Wildman–Crippen LogP) is 3.03. The Balaban J connectivity index is 1.88. The Hall–Kier alpha value is -0.180. The van der Waals surface area contributed by atoms with Crippen molar-refractivity contribution in [2.24, 2.45) is 5.41 Å². The zero-order valence-corrected chi connectivity index (χ0v) is 9.48. The molecule has 76 valence electrons. The van der Waals surface area contributed by atoms with Gasteiger partial charge in [0.1, 0.15) is 0 Å². The smallest absolute Gasteiger partial charge is 0.0564 e. The molecular formula is C11H13ClOS. The van der Waals surface area contributed by atoms with Crippen LogP contribution >= 0.6 is 23.4 Å². The predicted molar refractivity (Wildman–Crippen MR) is 61.1 cm³/mol. The summed E-state index contributed by atoms with van der Waals surface area (Å²) in [5.74, 6) is 1.76. The molecule has 2 rings (SSSR count). The van der Waals surface area contributed by atoms with Gasteiger partial charge in [0.2, 0.25) is 0 Å². The first-order chi connectivity index (χ1) is 6.85. The van der Waals surface area contributed by atoms with Crippen LogP contribution in [0.4, 0.5) is 0 Å². The second-order valence-electron chi connectivity index (χ2n) is 3.73. The van der Waals surface area contributed by atoms with Crippen molar-refractivity contribution >= 4 is 23.4 Å². The van der Waals surface area contributed by atoms with Crippen LogP contribution in [0.1, 0.15) is 0 Å². The number of alkyl halides is 1. The van der Waals surface area contributed by atoms with Gasteiger partial charge in [-0.3, -0.25) is 0 Å². The van der Waals surface area contributed by atoms with Gasteiger partial charge in [0.25, 0.3) is 0 Å². The molecule has 0 unspecified atom stereocenters. The minimum absolute atomic E-state index is 0.224. The summed E-state index contributed by atoms with van der Waals surface area (Å²) in [6.45, 7) is 1.63. The van der Waals surface area contributed by atoms with Gasteiger partial charge in [-0.2, -0.15) is 0 Å². The highest BCUT2D eigenvalue weighted by Crippen LogP contribution is 2.35. The quantitative estimate of drug-likeness (QED) is 0.579. The van der Waals surface area contributed by atoms with Gasteiger partial charge in [-0.15, -0.1) is 23.4 Å². The average molecular weight is 229 g/mol. The number of halogens is 1. The van der Waals surface area contributed by atoms with E-state index >= 15 is 0 Å². The Morgan fingerprint density at radius 3 is 2.50 bits per heavy atom. The number of hydrogen-bond donors (Lipinski definition) is 0. The van der Waals surface area contributed by atoms with Crippen molar-refractivity contribution in [2.45, 2.75) is 4.90 Å². The third-order valence-electron chi connectivity index (χ3n) is 2.39. The van der Waals surface area contributed by atoms with Crippen molar-refractivity contribution in [3.8, 4) is 0 Å². The first kappa shape index (κ1) is 10.3. The van der Waals surface area contributed by atoms with Crippen LogP contribution in [0.5, 0.6) is 0 Å². The Bertz CT molecular complexity index is 279. The second kappa shape index (κ2) is 4.56. The van der Waals surface area contributed by atoms with E-state index in [1.807, 2.05) is 17.8 Å². The number of thioether (sulfide) groups is 1. The molecule has 1 saturated heterocycles. The standard InChI is InChI=1S/C11H13ClOS/c12-6-11(7-13-8-11)9-14-10-4-2-1-3-5-10/h1-5H,6-9H2. The van der Waals surface area contributed by atoms with Gasteiger partial charge in [0.05, 0.1) is 13.2 Å². The SMILES string of the molecule is ClCC1(CSc2ccccc2)COC1. The largest absolute Gasteiger partial charge is 0.380 e. The Kier molecular flexibility index (Phi) is 3.37. The molecule has 0 saturated carbocycles. The fourth-order valence-corrected chi connectivity index (χ4v) is 2.79. The van der Waals surface area contributed by atoms with E-state index in [1.54, 1.807) is 0 Å². The molecule has 3 heteroatoms. The molecule has 1 aliphatic heterocycles. The van der Waals surface area contributed by atoms with Crippen molar-refractivity contribution in [3.63, 3.8) is 0 Å². The highest BCUT2D eigenvalue weighted by molar-refractivity contribution is 7.99. The molecule has 14 heavy (non-hydrogen) atoms. The van der Waals surface area contributed by atoms with Crippen LogP contribution in [-0.4, -0.2) is 24.8 Å². The van der Waals surface area contributed by atoms with Crippen LogP contribution in [0, 0.1) is 5.41 Å². The Labute approximate surface area is 93.8 Å². The summed E-state index contributed by atoms with van der Waals surface area (Å²) in [7, 11) is 0. The zero-order valence-electron chi connectivity index (χ0n) is 7.91. The second-order valence-corrected chi connectivity index (χ2v) is 5.04.